The molecule has 0 bridgehead atoms. The lowest BCUT2D eigenvalue weighted by Gasteiger charge is -2.18. The molecule has 3 heteroatoms. The Hall–Kier alpha value is -1.53. The molecule has 1 aromatic carbocycles. The summed E-state index contributed by atoms with van der Waals surface area (Å²) in [5, 5.41) is 12.4. The molecule has 3 nitrogen and oxygen atoms in total. The summed E-state index contributed by atoms with van der Waals surface area (Å²) in [6.07, 6.45) is 2.21. The van der Waals surface area contributed by atoms with Crippen LogP contribution in [0.5, 0.6) is 5.75 Å². The van der Waals surface area contributed by atoms with Gasteiger partial charge in [-0.2, -0.15) is 5.26 Å². The van der Waals surface area contributed by atoms with Gasteiger partial charge in [-0.15, -0.1) is 0 Å². The van der Waals surface area contributed by atoms with Gasteiger partial charge in [0.1, 0.15) is 5.75 Å². The molecule has 0 fully saturated rings. The first kappa shape index (κ1) is 13.9. The molecule has 1 heterocycles. The highest BCUT2D eigenvalue weighted by molar-refractivity contribution is 5.38. The van der Waals surface area contributed by atoms with Crippen molar-refractivity contribution in [1.82, 2.24) is 5.32 Å². The van der Waals surface area contributed by atoms with Crippen molar-refractivity contribution < 1.29 is 4.74 Å². The van der Waals surface area contributed by atoms with Gasteiger partial charge in [-0.25, -0.2) is 0 Å². The number of nitriles is 1. The smallest absolute Gasteiger partial charge is 0.122 e. The molecule has 0 aromatic heterocycles. The maximum atomic E-state index is 9.05. The Labute approximate surface area is 115 Å². The van der Waals surface area contributed by atoms with Gasteiger partial charge in [-0.05, 0) is 36.0 Å². The Morgan fingerprint density at radius 2 is 2.26 bits per heavy atom. The van der Waals surface area contributed by atoms with Gasteiger partial charge in [0.05, 0.1) is 18.6 Å². The highest BCUT2D eigenvalue weighted by Gasteiger charge is 2.12. The van der Waals surface area contributed by atoms with Crippen LogP contribution >= 0.6 is 0 Å². The molecule has 0 saturated heterocycles. The van der Waals surface area contributed by atoms with E-state index in [0.717, 1.165) is 38.3 Å². The van der Waals surface area contributed by atoms with Crippen molar-refractivity contribution in [2.45, 2.75) is 33.2 Å². The summed E-state index contributed by atoms with van der Waals surface area (Å²) in [5.41, 5.74) is 2.58. The number of rotatable bonds is 5. The van der Waals surface area contributed by atoms with Crippen molar-refractivity contribution in [2.24, 2.45) is 11.8 Å². The fourth-order valence-corrected chi connectivity index (χ4v) is 2.33. The third kappa shape index (κ3) is 3.71. The lowest BCUT2D eigenvalue weighted by molar-refractivity contribution is 0.288. The summed E-state index contributed by atoms with van der Waals surface area (Å²) in [4.78, 5) is 0. The molecule has 0 amide bonds. The zero-order chi connectivity index (χ0) is 13.7. The molecule has 102 valence electrons. The second-order valence-corrected chi connectivity index (χ2v) is 5.50. The fraction of sp³-hybridized carbons (Fsp3) is 0.562. The van der Waals surface area contributed by atoms with E-state index in [0.29, 0.717) is 5.92 Å². The minimum absolute atomic E-state index is 0.0842. The van der Waals surface area contributed by atoms with Crippen LogP contribution < -0.4 is 10.1 Å². The quantitative estimate of drug-likeness (QED) is 0.883. The van der Waals surface area contributed by atoms with Crippen molar-refractivity contribution in [1.29, 1.82) is 5.26 Å². The zero-order valence-corrected chi connectivity index (χ0v) is 11.8. The van der Waals surface area contributed by atoms with Crippen LogP contribution in [0, 0.1) is 23.2 Å². The first-order valence-corrected chi connectivity index (χ1v) is 7.05. The highest BCUT2D eigenvalue weighted by atomic mass is 16.5. The Morgan fingerprint density at radius 1 is 1.42 bits per heavy atom. The van der Waals surface area contributed by atoms with Gasteiger partial charge in [0.15, 0.2) is 0 Å². The molecule has 19 heavy (non-hydrogen) atoms. The topological polar surface area (TPSA) is 45.0 Å². The number of ether oxygens (including phenoxy) is 1. The predicted molar refractivity (Wildman–Crippen MR) is 75.9 cm³/mol. The molecule has 1 unspecified atom stereocenters. The largest absolute Gasteiger partial charge is 0.493 e. The van der Waals surface area contributed by atoms with Crippen molar-refractivity contribution in [3.63, 3.8) is 0 Å². The van der Waals surface area contributed by atoms with Crippen LogP contribution in [0.2, 0.25) is 0 Å². The monoisotopic (exact) mass is 258 g/mol. The van der Waals surface area contributed by atoms with Crippen molar-refractivity contribution in [3.8, 4) is 11.8 Å². The average molecular weight is 258 g/mol. The average Bonchev–Trinajstić information content (AvgIpc) is 2.43. The van der Waals surface area contributed by atoms with E-state index in [4.69, 9.17) is 10.00 Å². The number of aryl methyl sites for hydroxylation is 1. The molecule has 1 atom stereocenters. The SMILES string of the molecule is CC(C)C(C#N)CNCc1ccc2c(c1)CCCO2. The van der Waals surface area contributed by atoms with Gasteiger partial charge in [0, 0.05) is 13.1 Å². The molecule has 0 radical (unpaired) electrons. The summed E-state index contributed by atoms with van der Waals surface area (Å²) < 4.78 is 5.61. The highest BCUT2D eigenvalue weighted by Crippen LogP contribution is 2.25. The predicted octanol–water partition coefficient (Wildman–Crippen LogP) is 2.90. The van der Waals surface area contributed by atoms with E-state index in [1.165, 1.54) is 11.1 Å². The van der Waals surface area contributed by atoms with Crippen LogP contribution in [-0.2, 0) is 13.0 Å². The van der Waals surface area contributed by atoms with E-state index in [-0.39, 0.29) is 5.92 Å². The lowest BCUT2D eigenvalue weighted by atomic mass is 9.97. The van der Waals surface area contributed by atoms with Gasteiger partial charge >= 0.3 is 0 Å². The van der Waals surface area contributed by atoms with Crippen LogP contribution in [0.3, 0.4) is 0 Å². The van der Waals surface area contributed by atoms with E-state index in [2.05, 4.69) is 43.4 Å². The Morgan fingerprint density at radius 3 is 3.00 bits per heavy atom. The molecular weight excluding hydrogens is 236 g/mol. The number of benzene rings is 1. The Balaban J connectivity index is 1.88. The second-order valence-electron chi connectivity index (χ2n) is 5.50. The van der Waals surface area contributed by atoms with Crippen molar-refractivity contribution in [3.05, 3.63) is 29.3 Å². The Bertz CT molecular complexity index is 462. The van der Waals surface area contributed by atoms with E-state index in [1.54, 1.807) is 0 Å². The van der Waals surface area contributed by atoms with Crippen LogP contribution in [0.15, 0.2) is 18.2 Å². The van der Waals surface area contributed by atoms with E-state index in [9.17, 15) is 0 Å². The number of nitrogens with zero attached hydrogens (tertiary/aromatic N) is 1. The molecule has 0 saturated carbocycles. The van der Waals surface area contributed by atoms with Gasteiger partial charge in [0.2, 0.25) is 0 Å². The standard InChI is InChI=1S/C16H22N2O/c1-12(2)15(9-17)11-18-10-13-5-6-16-14(8-13)4-3-7-19-16/h5-6,8,12,15,18H,3-4,7,10-11H2,1-2H3. The fourth-order valence-electron chi connectivity index (χ4n) is 2.33. The summed E-state index contributed by atoms with van der Waals surface area (Å²) >= 11 is 0. The molecule has 1 aliphatic rings. The van der Waals surface area contributed by atoms with Crippen LogP contribution in [0.4, 0.5) is 0 Å². The minimum Gasteiger partial charge on any atom is -0.493 e. The van der Waals surface area contributed by atoms with Crippen LogP contribution in [-0.4, -0.2) is 13.2 Å². The zero-order valence-electron chi connectivity index (χ0n) is 11.8. The number of hydrogen-bond donors (Lipinski definition) is 1. The van der Waals surface area contributed by atoms with E-state index >= 15 is 0 Å². The summed E-state index contributed by atoms with van der Waals surface area (Å²) in [6, 6.07) is 8.75. The lowest BCUT2D eigenvalue weighted by Crippen LogP contribution is -2.25. The number of hydrogen-bond acceptors (Lipinski definition) is 3. The first-order valence-electron chi connectivity index (χ1n) is 7.05. The summed E-state index contributed by atoms with van der Waals surface area (Å²) in [5.74, 6) is 1.52. The van der Waals surface area contributed by atoms with Gasteiger partial charge in [-0.3, -0.25) is 0 Å². The number of fused-ring (bicyclic) bond motifs is 1. The molecule has 0 aliphatic carbocycles. The van der Waals surface area contributed by atoms with Gasteiger partial charge in [0.25, 0.3) is 0 Å². The van der Waals surface area contributed by atoms with E-state index < -0.39 is 0 Å². The molecular formula is C16H22N2O. The van der Waals surface area contributed by atoms with Crippen molar-refractivity contribution in [2.75, 3.05) is 13.2 Å². The van der Waals surface area contributed by atoms with Crippen LogP contribution in [0.25, 0.3) is 0 Å². The summed E-state index contributed by atoms with van der Waals surface area (Å²) in [6.45, 7) is 6.58. The normalized spacial score (nSPS) is 15.5. The molecule has 0 spiro atoms. The Kier molecular flexibility index (Phi) is 4.81. The minimum atomic E-state index is 0.0842. The third-order valence-corrected chi connectivity index (χ3v) is 3.64. The number of nitrogens with one attached hydrogen (secondary N) is 1. The summed E-state index contributed by atoms with van der Waals surface area (Å²) in [7, 11) is 0. The molecule has 1 aliphatic heterocycles. The van der Waals surface area contributed by atoms with Crippen LogP contribution in [0.1, 0.15) is 31.4 Å². The maximum absolute atomic E-state index is 9.05. The molecule has 1 aromatic rings. The maximum Gasteiger partial charge on any atom is 0.122 e. The van der Waals surface area contributed by atoms with E-state index in [1.807, 2.05) is 0 Å². The first-order chi connectivity index (χ1) is 9.20. The van der Waals surface area contributed by atoms with Gasteiger partial charge in [-0.1, -0.05) is 26.0 Å². The molecule has 2 rings (SSSR count). The van der Waals surface area contributed by atoms with Crippen molar-refractivity contribution >= 4 is 0 Å². The second kappa shape index (κ2) is 6.58. The third-order valence-electron chi connectivity index (χ3n) is 3.64. The van der Waals surface area contributed by atoms with Gasteiger partial charge < -0.3 is 10.1 Å². The molecule has 1 N–H and O–H groups in total.